The molecule has 7 nitrogen and oxygen atoms in total. The van der Waals surface area contributed by atoms with Gasteiger partial charge in [-0.1, -0.05) is 19.9 Å². The van der Waals surface area contributed by atoms with Gasteiger partial charge >= 0.3 is 0 Å². The summed E-state index contributed by atoms with van der Waals surface area (Å²) >= 11 is 0. The molecule has 146 valence electrons. The first-order valence-electron chi connectivity index (χ1n) is 8.15. The third-order valence-electron chi connectivity index (χ3n) is 3.84. The smallest absolute Gasteiger partial charge is 0.251 e. The third kappa shape index (κ3) is 4.58. The lowest BCUT2D eigenvalue weighted by Gasteiger charge is -2.19. The van der Waals surface area contributed by atoms with Gasteiger partial charge in [0.1, 0.15) is 23.9 Å². The largest absolute Gasteiger partial charge is 0.320 e. The number of carbonyl (C=O) groups excluding carboxylic acids is 1. The minimum absolute atomic E-state index is 0.157. The molecule has 1 N–H and O–H groups in total. The number of para-hydroxylation sites is 1. The van der Waals surface area contributed by atoms with Gasteiger partial charge in [-0.3, -0.25) is 9.59 Å². The van der Waals surface area contributed by atoms with Gasteiger partial charge < -0.3 is 9.88 Å². The Morgan fingerprint density at radius 3 is 2.26 bits per heavy atom. The lowest BCUT2D eigenvalue weighted by atomic mass is 10.3. The topological polar surface area (TPSA) is 88.5 Å². The van der Waals surface area contributed by atoms with E-state index in [-0.39, 0.29) is 18.0 Å². The first kappa shape index (κ1) is 20.7. The van der Waals surface area contributed by atoms with E-state index in [9.17, 15) is 26.8 Å². The van der Waals surface area contributed by atoms with Crippen LogP contribution in [-0.2, 0) is 21.4 Å². The normalized spacial score (nSPS) is 11.6. The molecule has 0 aliphatic rings. The number of nitrogens with zero attached hydrogens (tertiary/aromatic N) is 2. The first-order chi connectivity index (χ1) is 12.7. The number of carbonyl (C=O) groups is 1. The SMILES string of the molecule is CCN(CC)S(=O)(=O)c1ccc(=O)n(CC(=O)Nc2c(F)cccc2F)c1. The Labute approximate surface area is 155 Å². The van der Waals surface area contributed by atoms with Gasteiger partial charge in [-0.2, -0.15) is 4.31 Å². The summed E-state index contributed by atoms with van der Waals surface area (Å²) < 4.78 is 54.4. The molecule has 0 radical (unpaired) electrons. The van der Waals surface area contributed by atoms with Crippen LogP contribution in [0.1, 0.15) is 13.8 Å². The number of hydrogen-bond donors (Lipinski definition) is 1. The molecule has 10 heteroatoms. The van der Waals surface area contributed by atoms with E-state index >= 15 is 0 Å². The number of benzene rings is 1. The Balaban J connectivity index is 2.29. The maximum absolute atomic E-state index is 13.6. The van der Waals surface area contributed by atoms with E-state index in [1.165, 1.54) is 4.31 Å². The molecule has 1 amide bonds. The summed E-state index contributed by atoms with van der Waals surface area (Å²) in [4.78, 5) is 23.9. The van der Waals surface area contributed by atoms with Crippen LogP contribution >= 0.6 is 0 Å². The van der Waals surface area contributed by atoms with Crippen LogP contribution in [-0.4, -0.2) is 36.3 Å². The van der Waals surface area contributed by atoms with Crippen molar-refractivity contribution < 1.29 is 22.0 Å². The molecule has 0 unspecified atom stereocenters. The number of hydrogen-bond acceptors (Lipinski definition) is 4. The van der Waals surface area contributed by atoms with Crippen molar-refractivity contribution in [3.63, 3.8) is 0 Å². The van der Waals surface area contributed by atoms with Crippen molar-refractivity contribution in [3.8, 4) is 0 Å². The van der Waals surface area contributed by atoms with Crippen LogP contribution < -0.4 is 10.9 Å². The molecule has 0 aliphatic carbocycles. The number of nitrogens with one attached hydrogen (secondary N) is 1. The Hall–Kier alpha value is -2.59. The van der Waals surface area contributed by atoms with E-state index in [1.807, 2.05) is 5.32 Å². The fourth-order valence-electron chi connectivity index (χ4n) is 2.45. The second-order valence-electron chi connectivity index (χ2n) is 5.57. The number of amides is 1. The summed E-state index contributed by atoms with van der Waals surface area (Å²) in [5.41, 5.74) is -1.26. The molecule has 1 aromatic carbocycles. The second-order valence-corrected chi connectivity index (χ2v) is 7.50. The van der Waals surface area contributed by atoms with Crippen molar-refractivity contribution in [2.24, 2.45) is 0 Å². The zero-order valence-corrected chi connectivity index (χ0v) is 15.6. The molecule has 1 heterocycles. The van der Waals surface area contributed by atoms with Crippen LogP contribution in [0.5, 0.6) is 0 Å². The molecule has 0 aliphatic heterocycles. The molecule has 0 spiro atoms. The molecule has 27 heavy (non-hydrogen) atoms. The lowest BCUT2D eigenvalue weighted by Crippen LogP contribution is -2.33. The van der Waals surface area contributed by atoms with Gasteiger partial charge in [0.05, 0.1) is 4.90 Å². The maximum Gasteiger partial charge on any atom is 0.251 e. The summed E-state index contributed by atoms with van der Waals surface area (Å²) in [5, 5.41) is 2.05. The van der Waals surface area contributed by atoms with Crippen LogP contribution in [0.3, 0.4) is 0 Å². The Morgan fingerprint density at radius 1 is 1.11 bits per heavy atom. The van der Waals surface area contributed by atoms with E-state index in [0.717, 1.165) is 41.1 Å². The highest BCUT2D eigenvalue weighted by Gasteiger charge is 2.22. The fourth-order valence-corrected chi connectivity index (χ4v) is 3.93. The first-order valence-corrected chi connectivity index (χ1v) is 9.59. The van der Waals surface area contributed by atoms with Gasteiger partial charge in [0.25, 0.3) is 5.56 Å². The van der Waals surface area contributed by atoms with Crippen LogP contribution in [0.2, 0.25) is 0 Å². The molecule has 2 rings (SSSR count). The molecular weight excluding hydrogens is 380 g/mol. The van der Waals surface area contributed by atoms with Crippen LogP contribution in [0.4, 0.5) is 14.5 Å². The van der Waals surface area contributed by atoms with Crippen molar-refractivity contribution in [2.45, 2.75) is 25.3 Å². The Morgan fingerprint density at radius 2 is 1.70 bits per heavy atom. The zero-order chi connectivity index (χ0) is 20.2. The standard InChI is InChI=1S/C17H19F2N3O4S/c1-3-22(4-2)27(25,26)12-8-9-16(24)21(10-12)11-15(23)20-17-13(18)6-5-7-14(17)19/h5-10H,3-4,11H2,1-2H3,(H,20,23). The third-order valence-corrected chi connectivity index (χ3v) is 5.87. The van der Waals surface area contributed by atoms with Gasteiger partial charge in [0, 0.05) is 25.4 Å². The quantitative estimate of drug-likeness (QED) is 0.769. The highest BCUT2D eigenvalue weighted by Crippen LogP contribution is 2.18. The minimum Gasteiger partial charge on any atom is -0.320 e. The zero-order valence-electron chi connectivity index (χ0n) is 14.8. The monoisotopic (exact) mass is 399 g/mol. The van der Waals surface area contributed by atoms with Gasteiger partial charge in [-0.15, -0.1) is 0 Å². The maximum atomic E-state index is 13.6. The van der Waals surface area contributed by atoms with Crippen molar-refractivity contribution in [1.82, 2.24) is 8.87 Å². The van der Waals surface area contributed by atoms with Crippen molar-refractivity contribution >= 4 is 21.6 Å². The number of aromatic nitrogens is 1. The highest BCUT2D eigenvalue weighted by molar-refractivity contribution is 7.89. The van der Waals surface area contributed by atoms with Gasteiger partial charge in [-0.05, 0) is 18.2 Å². The average Bonchev–Trinajstić information content (AvgIpc) is 2.61. The number of anilines is 1. The van der Waals surface area contributed by atoms with E-state index in [0.29, 0.717) is 0 Å². The van der Waals surface area contributed by atoms with Crippen molar-refractivity contribution in [3.05, 3.63) is 58.5 Å². The lowest BCUT2D eigenvalue weighted by molar-refractivity contribution is -0.116. The number of rotatable bonds is 7. The summed E-state index contributed by atoms with van der Waals surface area (Å²) in [6.07, 6.45) is 1.03. The molecule has 0 bridgehead atoms. The Bertz CT molecular complexity index is 981. The number of pyridine rings is 1. The van der Waals surface area contributed by atoms with Crippen LogP contribution in [0.15, 0.2) is 46.2 Å². The summed E-state index contributed by atoms with van der Waals surface area (Å²) in [6, 6.07) is 5.27. The fraction of sp³-hybridized carbons (Fsp3) is 0.294. The van der Waals surface area contributed by atoms with E-state index < -0.39 is 45.4 Å². The minimum atomic E-state index is -3.83. The number of sulfonamides is 1. The van der Waals surface area contributed by atoms with Gasteiger partial charge in [-0.25, -0.2) is 17.2 Å². The molecule has 0 fully saturated rings. The summed E-state index contributed by atoms with van der Waals surface area (Å²) in [6.45, 7) is 3.23. The molecular formula is C17H19F2N3O4S. The second kappa shape index (κ2) is 8.40. The van der Waals surface area contributed by atoms with Gasteiger partial charge in [0.2, 0.25) is 15.9 Å². The summed E-state index contributed by atoms with van der Waals surface area (Å²) in [5.74, 6) is -2.80. The van der Waals surface area contributed by atoms with E-state index in [4.69, 9.17) is 0 Å². The average molecular weight is 399 g/mol. The predicted molar refractivity (Wildman–Crippen MR) is 95.8 cm³/mol. The predicted octanol–water partition coefficient (Wildman–Crippen LogP) is 1.80. The molecule has 2 aromatic rings. The number of halogens is 2. The van der Waals surface area contributed by atoms with Crippen LogP contribution in [0.25, 0.3) is 0 Å². The molecule has 0 saturated heterocycles. The van der Waals surface area contributed by atoms with E-state index in [2.05, 4.69) is 0 Å². The van der Waals surface area contributed by atoms with Crippen molar-refractivity contribution in [2.75, 3.05) is 18.4 Å². The highest BCUT2D eigenvalue weighted by atomic mass is 32.2. The van der Waals surface area contributed by atoms with Crippen molar-refractivity contribution in [1.29, 1.82) is 0 Å². The Kier molecular flexibility index (Phi) is 6.45. The van der Waals surface area contributed by atoms with Gasteiger partial charge in [0.15, 0.2) is 0 Å². The summed E-state index contributed by atoms with van der Waals surface area (Å²) in [7, 11) is -3.83. The van der Waals surface area contributed by atoms with Crippen LogP contribution in [0, 0.1) is 11.6 Å². The molecule has 0 saturated carbocycles. The molecule has 0 atom stereocenters. The molecule has 1 aromatic heterocycles. The van der Waals surface area contributed by atoms with E-state index in [1.54, 1.807) is 13.8 Å².